The van der Waals surface area contributed by atoms with Gasteiger partial charge >= 0.3 is 6.09 Å². The number of rotatable bonds is 3. The summed E-state index contributed by atoms with van der Waals surface area (Å²) < 4.78 is 5.53. The van der Waals surface area contributed by atoms with Gasteiger partial charge in [0.05, 0.1) is 0 Å². The van der Waals surface area contributed by atoms with E-state index < -0.39 is 0 Å². The SMILES string of the molecule is CCNC(=O)O[C@@H]1C[C@H](C)CC[C@H]1C(C)C. The Bertz CT molecular complexity index is 228. The topological polar surface area (TPSA) is 38.3 Å². The molecule has 0 spiro atoms. The van der Waals surface area contributed by atoms with Crippen LogP contribution in [0.2, 0.25) is 0 Å². The zero-order chi connectivity index (χ0) is 12.1. The highest BCUT2D eigenvalue weighted by molar-refractivity contribution is 5.67. The van der Waals surface area contributed by atoms with Gasteiger partial charge < -0.3 is 10.1 Å². The summed E-state index contributed by atoms with van der Waals surface area (Å²) in [5.74, 6) is 1.79. The van der Waals surface area contributed by atoms with Crippen LogP contribution in [0, 0.1) is 17.8 Å². The molecule has 1 N–H and O–H groups in total. The first-order valence-electron chi connectivity index (χ1n) is 6.49. The van der Waals surface area contributed by atoms with Gasteiger partial charge in [-0.15, -0.1) is 0 Å². The quantitative estimate of drug-likeness (QED) is 0.804. The molecule has 3 heteroatoms. The number of hydrogen-bond donors (Lipinski definition) is 1. The van der Waals surface area contributed by atoms with Crippen LogP contribution in [0.4, 0.5) is 4.79 Å². The zero-order valence-corrected chi connectivity index (χ0v) is 11.0. The number of alkyl carbamates (subject to hydrolysis) is 1. The highest BCUT2D eigenvalue weighted by Gasteiger charge is 2.33. The van der Waals surface area contributed by atoms with Gasteiger partial charge in [0.25, 0.3) is 0 Å². The van der Waals surface area contributed by atoms with Crippen LogP contribution in [0.1, 0.15) is 47.0 Å². The molecule has 0 heterocycles. The number of carbonyl (C=O) groups is 1. The fraction of sp³-hybridized carbons (Fsp3) is 0.923. The van der Waals surface area contributed by atoms with Gasteiger partial charge in [0.2, 0.25) is 0 Å². The monoisotopic (exact) mass is 227 g/mol. The first kappa shape index (κ1) is 13.3. The second-order valence-corrected chi connectivity index (χ2v) is 5.30. The molecular formula is C13H25NO2. The van der Waals surface area contributed by atoms with Crippen molar-refractivity contribution >= 4 is 6.09 Å². The lowest BCUT2D eigenvalue weighted by Crippen LogP contribution is -2.38. The van der Waals surface area contributed by atoms with Crippen LogP contribution in [0.25, 0.3) is 0 Å². The maximum absolute atomic E-state index is 11.5. The summed E-state index contributed by atoms with van der Waals surface area (Å²) in [6.45, 7) is 9.21. The maximum atomic E-state index is 11.5. The lowest BCUT2D eigenvalue weighted by atomic mass is 9.75. The third-order valence-electron chi connectivity index (χ3n) is 3.54. The van der Waals surface area contributed by atoms with E-state index >= 15 is 0 Å². The van der Waals surface area contributed by atoms with E-state index in [0.717, 1.165) is 6.42 Å². The van der Waals surface area contributed by atoms with Crippen LogP contribution < -0.4 is 5.32 Å². The van der Waals surface area contributed by atoms with Gasteiger partial charge in [0, 0.05) is 6.54 Å². The largest absolute Gasteiger partial charge is 0.446 e. The van der Waals surface area contributed by atoms with E-state index in [4.69, 9.17) is 4.74 Å². The molecule has 1 rings (SSSR count). The molecule has 1 amide bonds. The third-order valence-corrected chi connectivity index (χ3v) is 3.54. The molecular weight excluding hydrogens is 202 g/mol. The van der Waals surface area contributed by atoms with E-state index in [1.807, 2.05) is 6.92 Å². The van der Waals surface area contributed by atoms with Gasteiger partial charge in [-0.05, 0) is 37.5 Å². The molecule has 94 valence electrons. The number of ether oxygens (including phenoxy) is 1. The van der Waals surface area contributed by atoms with Crippen LogP contribution in [-0.4, -0.2) is 18.7 Å². The summed E-state index contributed by atoms with van der Waals surface area (Å²) in [5, 5.41) is 2.71. The van der Waals surface area contributed by atoms with Crippen molar-refractivity contribution in [3.05, 3.63) is 0 Å². The van der Waals surface area contributed by atoms with Crippen molar-refractivity contribution in [2.45, 2.75) is 53.1 Å². The fourth-order valence-electron chi connectivity index (χ4n) is 2.57. The average Bonchev–Trinajstić information content (AvgIpc) is 2.17. The van der Waals surface area contributed by atoms with Gasteiger partial charge in [-0.2, -0.15) is 0 Å². The van der Waals surface area contributed by atoms with Gasteiger partial charge in [0.15, 0.2) is 0 Å². The molecule has 0 unspecified atom stereocenters. The minimum absolute atomic E-state index is 0.107. The second-order valence-electron chi connectivity index (χ2n) is 5.30. The Hall–Kier alpha value is -0.730. The Labute approximate surface area is 98.9 Å². The second kappa shape index (κ2) is 6.12. The summed E-state index contributed by atoms with van der Waals surface area (Å²) in [6.07, 6.45) is 3.31. The Balaban J connectivity index is 2.54. The van der Waals surface area contributed by atoms with Crippen LogP contribution >= 0.6 is 0 Å². The summed E-state index contributed by atoms with van der Waals surface area (Å²) in [7, 11) is 0. The molecule has 1 aliphatic rings. The third kappa shape index (κ3) is 3.69. The number of nitrogens with one attached hydrogen (secondary N) is 1. The molecule has 0 aromatic rings. The Kier molecular flexibility index (Phi) is 5.10. The minimum atomic E-state index is -0.257. The Morgan fingerprint density at radius 3 is 2.69 bits per heavy atom. The minimum Gasteiger partial charge on any atom is -0.446 e. The Morgan fingerprint density at radius 1 is 1.44 bits per heavy atom. The molecule has 0 aromatic heterocycles. The molecule has 0 aliphatic heterocycles. The van der Waals surface area contributed by atoms with Crippen molar-refractivity contribution in [2.75, 3.05) is 6.54 Å². The van der Waals surface area contributed by atoms with Crippen molar-refractivity contribution in [1.82, 2.24) is 5.32 Å². The molecule has 3 atom stereocenters. The van der Waals surface area contributed by atoms with Crippen molar-refractivity contribution in [1.29, 1.82) is 0 Å². The molecule has 1 fully saturated rings. The highest BCUT2D eigenvalue weighted by Crippen LogP contribution is 2.35. The molecule has 0 aromatic carbocycles. The van der Waals surface area contributed by atoms with E-state index in [9.17, 15) is 4.79 Å². The summed E-state index contributed by atoms with van der Waals surface area (Å²) >= 11 is 0. The first-order valence-corrected chi connectivity index (χ1v) is 6.49. The van der Waals surface area contributed by atoms with Crippen molar-refractivity contribution in [3.63, 3.8) is 0 Å². The van der Waals surface area contributed by atoms with Crippen molar-refractivity contribution in [2.24, 2.45) is 17.8 Å². The van der Waals surface area contributed by atoms with E-state index in [1.165, 1.54) is 12.8 Å². The van der Waals surface area contributed by atoms with Crippen LogP contribution in [0.15, 0.2) is 0 Å². The molecule has 0 bridgehead atoms. The lowest BCUT2D eigenvalue weighted by molar-refractivity contribution is 0.00643. The van der Waals surface area contributed by atoms with Gasteiger partial charge in [-0.25, -0.2) is 4.79 Å². The molecule has 16 heavy (non-hydrogen) atoms. The standard InChI is InChI=1S/C13H25NO2/c1-5-14-13(15)16-12-8-10(4)6-7-11(12)9(2)3/h9-12H,5-8H2,1-4H3,(H,14,15)/t10-,11+,12-/m1/s1. The van der Waals surface area contributed by atoms with E-state index in [0.29, 0.717) is 24.3 Å². The van der Waals surface area contributed by atoms with Gasteiger partial charge in [-0.1, -0.05) is 27.2 Å². The van der Waals surface area contributed by atoms with E-state index in [2.05, 4.69) is 26.1 Å². The highest BCUT2D eigenvalue weighted by atomic mass is 16.6. The molecule has 3 nitrogen and oxygen atoms in total. The van der Waals surface area contributed by atoms with Crippen molar-refractivity contribution < 1.29 is 9.53 Å². The summed E-state index contributed by atoms with van der Waals surface area (Å²) in [4.78, 5) is 11.5. The van der Waals surface area contributed by atoms with Gasteiger partial charge in [0.1, 0.15) is 6.10 Å². The van der Waals surface area contributed by atoms with Crippen LogP contribution in [-0.2, 0) is 4.74 Å². The maximum Gasteiger partial charge on any atom is 0.407 e. The molecule has 1 saturated carbocycles. The smallest absolute Gasteiger partial charge is 0.407 e. The fourth-order valence-corrected chi connectivity index (χ4v) is 2.57. The normalized spacial score (nSPS) is 30.2. The lowest BCUT2D eigenvalue weighted by Gasteiger charge is -2.36. The van der Waals surface area contributed by atoms with Crippen LogP contribution in [0.5, 0.6) is 0 Å². The first-order chi connectivity index (χ1) is 7.54. The van der Waals surface area contributed by atoms with Crippen molar-refractivity contribution in [3.8, 4) is 0 Å². The van der Waals surface area contributed by atoms with E-state index in [-0.39, 0.29) is 12.2 Å². The average molecular weight is 227 g/mol. The predicted octanol–water partition coefficient (Wildman–Crippen LogP) is 3.19. The van der Waals surface area contributed by atoms with E-state index in [1.54, 1.807) is 0 Å². The zero-order valence-electron chi connectivity index (χ0n) is 11.0. The molecule has 1 aliphatic carbocycles. The number of carbonyl (C=O) groups excluding carboxylic acids is 1. The summed E-state index contributed by atoms with van der Waals surface area (Å²) in [6, 6.07) is 0. The number of hydrogen-bond acceptors (Lipinski definition) is 2. The molecule has 0 saturated heterocycles. The Morgan fingerprint density at radius 2 is 2.12 bits per heavy atom. The van der Waals surface area contributed by atoms with Gasteiger partial charge in [-0.3, -0.25) is 0 Å². The predicted molar refractivity (Wildman–Crippen MR) is 65.3 cm³/mol. The molecule has 0 radical (unpaired) electrons. The summed E-state index contributed by atoms with van der Waals surface area (Å²) in [5.41, 5.74) is 0. The van der Waals surface area contributed by atoms with Crippen LogP contribution in [0.3, 0.4) is 0 Å². The number of amides is 1.